The van der Waals surface area contributed by atoms with E-state index >= 15 is 0 Å². The number of nitrogens with zero attached hydrogens (tertiary/aromatic N) is 3. The molecule has 13 heteroatoms. The third-order valence-electron chi connectivity index (χ3n) is 6.16. The van der Waals surface area contributed by atoms with E-state index in [2.05, 4.69) is 25.4 Å². The summed E-state index contributed by atoms with van der Waals surface area (Å²) in [6.45, 7) is 4.17. The van der Waals surface area contributed by atoms with Crippen LogP contribution in [0, 0.1) is 6.92 Å². The van der Waals surface area contributed by atoms with E-state index in [1.54, 1.807) is 6.92 Å². The minimum Gasteiger partial charge on any atom is -0.474 e. The van der Waals surface area contributed by atoms with Crippen molar-refractivity contribution in [2.24, 2.45) is 0 Å². The van der Waals surface area contributed by atoms with E-state index in [1.807, 2.05) is 37.4 Å². The van der Waals surface area contributed by atoms with E-state index in [0.717, 1.165) is 13.1 Å². The van der Waals surface area contributed by atoms with Gasteiger partial charge >= 0.3 is 12.4 Å². The maximum absolute atomic E-state index is 13.0. The molecule has 216 valence electrons. The number of carbonyl (C=O) groups excluding carboxylic acids is 1. The van der Waals surface area contributed by atoms with Gasteiger partial charge in [-0.1, -0.05) is 24.3 Å². The summed E-state index contributed by atoms with van der Waals surface area (Å²) in [6, 6.07) is 12.7. The number of urea groups is 1. The lowest BCUT2D eigenvalue weighted by Crippen LogP contribution is -2.42. The molecular formula is C27H32F3N5O5. The van der Waals surface area contributed by atoms with Crippen LogP contribution in [0.2, 0.25) is 0 Å². The van der Waals surface area contributed by atoms with Crippen molar-refractivity contribution in [3.8, 4) is 17.3 Å². The quantitative estimate of drug-likeness (QED) is 0.381. The molecule has 0 aliphatic carbocycles. The molecule has 2 heterocycles. The summed E-state index contributed by atoms with van der Waals surface area (Å²) in [5.41, 5.74) is 2.02. The predicted molar refractivity (Wildman–Crippen MR) is 141 cm³/mol. The molecule has 0 radical (unpaired) electrons. The first-order valence-electron chi connectivity index (χ1n) is 12.6. The van der Waals surface area contributed by atoms with Gasteiger partial charge in [0.1, 0.15) is 24.3 Å². The molecule has 0 saturated carbocycles. The number of hydrogen-bond donors (Lipinski definition) is 2. The SMILES string of the molecule is COCc1ccc(OC(F)(F)F)c(CNC(=O)Nc2c(C)c(OC[C@@H]3CN(C)CCO3)nn2-c2ccccc2)c1. The summed E-state index contributed by atoms with van der Waals surface area (Å²) in [7, 11) is 3.49. The van der Waals surface area contributed by atoms with Crippen molar-refractivity contribution in [1.29, 1.82) is 0 Å². The molecule has 40 heavy (non-hydrogen) atoms. The molecule has 2 N–H and O–H groups in total. The van der Waals surface area contributed by atoms with Crippen LogP contribution in [-0.2, 0) is 22.6 Å². The number of hydrogen-bond acceptors (Lipinski definition) is 7. The van der Waals surface area contributed by atoms with Crippen molar-refractivity contribution in [3.05, 3.63) is 65.2 Å². The summed E-state index contributed by atoms with van der Waals surface area (Å²) in [5.74, 6) is 0.258. The third kappa shape index (κ3) is 7.87. The Morgan fingerprint density at radius 3 is 2.67 bits per heavy atom. The molecule has 1 aliphatic heterocycles. The highest BCUT2D eigenvalue weighted by atomic mass is 19.4. The molecule has 0 bridgehead atoms. The van der Waals surface area contributed by atoms with Crippen LogP contribution in [0.25, 0.3) is 5.69 Å². The normalized spacial score (nSPS) is 16.0. The molecule has 2 aromatic carbocycles. The van der Waals surface area contributed by atoms with Crippen LogP contribution in [0.3, 0.4) is 0 Å². The summed E-state index contributed by atoms with van der Waals surface area (Å²) in [5, 5.41) is 9.93. The second-order valence-corrected chi connectivity index (χ2v) is 9.32. The first-order valence-corrected chi connectivity index (χ1v) is 12.6. The molecule has 3 aromatic rings. The van der Waals surface area contributed by atoms with Crippen LogP contribution < -0.4 is 20.1 Å². The number of alkyl halides is 3. The fourth-order valence-corrected chi connectivity index (χ4v) is 4.23. The monoisotopic (exact) mass is 563 g/mol. The molecule has 10 nitrogen and oxygen atoms in total. The van der Waals surface area contributed by atoms with Gasteiger partial charge in [-0.15, -0.1) is 18.3 Å². The van der Waals surface area contributed by atoms with Crippen molar-refractivity contribution in [2.45, 2.75) is 32.5 Å². The molecule has 1 atom stereocenters. The van der Waals surface area contributed by atoms with Crippen molar-refractivity contribution < 1.29 is 36.9 Å². The van der Waals surface area contributed by atoms with Crippen LogP contribution in [0.5, 0.6) is 11.6 Å². The van der Waals surface area contributed by atoms with Gasteiger partial charge < -0.3 is 29.2 Å². The molecule has 1 aliphatic rings. The Morgan fingerprint density at radius 1 is 1.20 bits per heavy atom. The molecule has 0 unspecified atom stereocenters. The Hall–Kier alpha value is -3.81. The van der Waals surface area contributed by atoms with E-state index in [-0.39, 0.29) is 31.4 Å². The minimum absolute atomic E-state index is 0.123. The Bertz CT molecular complexity index is 1290. The van der Waals surface area contributed by atoms with Crippen molar-refractivity contribution in [2.75, 3.05) is 45.8 Å². The number of nitrogens with one attached hydrogen (secondary N) is 2. The lowest BCUT2D eigenvalue weighted by atomic mass is 10.1. The largest absolute Gasteiger partial charge is 0.573 e. The predicted octanol–water partition coefficient (Wildman–Crippen LogP) is 4.26. The summed E-state index contributed by atoms with van der Waals surface area (Å²) < 4.78 is 61.3. The maximum atomic E-state index is 13.0. The first kappa shape index (κ1) is 29.2. The third-order valence-corrected chi connectivity index (χ3v) is 6.16. The number of benzene rings is 2. The molecule has 1 saturated heterocycles. The Kier molecular flexibility index (Phi) is 9.50. The van der Waals surface area contributed by atoms with Crippen LogP contribution in [0.1, 0.15) is 16.7 Å². The lowest BCUT2D eigenvalue weighted by Gasteiger charge is -2.29. The van der Waals surface area contributed by atoms with Crippen LogP contribution in [-0.4, -0.2) is 73.6 Å². The second kappa shape index (κ2) is 13.0. The number of carbonyl (C=O) groups is 1. The highest BCUT2D eigenvalue weighted by molar-refractivity contribution is 5.89. The van der Waals surface area contributed by atoms with Gasteiger partial charge in [0.05, 0.1) is 24.5 Å². The molecule has 0 spiro atoms. The van der Waals surface area contributed by atoms with Gasteiger partial charge in [0.15, 0.2) is 0 Å². The number of amides is 2. The van der Waals surface area contributed by atoms with Crippen LogP contribution in [0.15, 0.2) is 48.5 Å². The van der Waals surface area contributed by atoms with E-state index in [9.17, 15) is 18.0 Å². The topological polar surface area (TPSA) is 99.1 Å². The van der Waals surface area contributed by atoms with E-state index in [4.69, 9.17) is 14.2 Å². The maximum Gasteiger partial charge on any atom is 0.573 e. The number of ether oxygens (including phenoxy) is 4. The molecule has 1 fully saturated rings. The smallest absolute Gasteiger partial charge is 0.474 e. The summed E-state index contributed by atoms with van der Waals surface area (Å²) in [6.07, 6.45) is -5.00. The number of halogens is 3. The first-order chi connectivity index (χ1) is 19.1. The van der Waals surface area contributed by atoms with Gasteiger partial charge in [0.25, 0.3) is 0 Å². The highest BCUT2D eigenvalue weighted by Crippen LogP contribution is 2.30. The number of para-hydroxylation sites is 1. The highest BCUT2D eigenvalue weighted by Gasteiger charge is 2.32. The van der Waals surface area contributed by atoms with Gasteiger partial charge in [-0.05, 0) is 43.8 Å². The van der Waals surface area contributed by atoms with E-state index in [1.165, 1.54) is 30.0 Å². The van der Waals surface area contributed by atoms with Crippen molar-refractivity contribution in [1.82, 2.24) is 20.0 Å². The van der Waals surface area contributed by atoms with Crippen LogP contribution >= 0.6 is 0 Å². The summed E-state index contributed by atoms with van der Waals surface area (Å²) in [4.78, 5) is 15.1. The number of rotatable bonds is 10. The fraction of sp³-hybridized carbons (Fsp3) is 0.407. The number of morpholine rings is 1. The Labute approximate surface area is 229 Å². The van der Waals surface area contributed by atoms with E-state index in [0.29, 0.717) is 35.1 Å². The van der Waals surface area contributed by atoms with Gasteiger partial charge in [-0.25, -0.2) is 9.48 Å². The average molecular weight is 564 g/mol. The Morgan fingerprint density at radius 2 is 1.98 bits per heavy atom. The number of aromatic nitrogens is 2. The fourth-order valence-electron chi connectivity index (χ4n) is 4.23. The second-order valence-electron chi connectivity index (χ2n) is 9.32. The molecule has 4 rings (SSSR count). The van der Waals surface area contributed by atoms with Gasteiger partial charge in [0.2, 0.25) is 5.88 Å². The molecular weight excluding hydrogens is 531 g/mol. The zero-order valence-electron chi connectivity index (χ0n) is 22.5. The summed E-state index contributed by atoms with van der Waals surface area (Å²) >= 11 is 0. The van der Waals surface area contributed by atoms with Gasteiger partial charge in [-0.3, -0.25) is 5.32 Å². The zero-order chi connectivity index (χ0) is 28.7. The van der Waals surface area contributed by atoms with Crippen LogP contribution in [0.4, 0.5) is 23.8 Å². The molecule has 1 aromatic heterocycles. The van der Waals surface area contributed by atoms with E-state index < -0.39 is 18.1 Å². The zero-order valence-corrected chi connectivity index (χ0v) is 22.5. The van der Waals surface area contributed by atoms with Crippen molar-refractivity contribution in [3.63, 3.8) is 0 Å². The Balaban J connectivity index is 1.51. The standard InChI is InChI=1S/C27H32F3N5O5/c1-18-24(32-26(36)31-14-20-13-19(16-37-3)9-10-23(20)40-27(28,29)30)35(21-7-5-4-6-8-21)33-25(18)39-17-22-15-34(2)11-12-38-22/h4-10,13,22H,11-12,14-17H2,1-3H3,(H2,31,32,36)/t22-/m0/s1. The average Bonchev–Trinajstić information content (AvgIpc) is 3.22. The van der Waals surface area contributed by atoms with Gasteiger partial charge in [0, 0.05) is 32.3 Å². The lowest BCUT2D eigenvalue weighted by molar-refractivity contribution is -0.274. The number of likely N-dealkylation sites (N-methyl/N-ethyl adjacent to an activating group) is 1. The van der Waals surface area contributed by atoms with Gasteiger partial charge in [-0.2, -0.15) is 0 Å². The minimum atomic E-state index is -4.88. The number of methoxy groups -OCH3 is 1. The molecule has 2 amide bonds. The number of anilines is 1. The van der Waals surface area contributed by atoms with Crippen molar-refractivity contribution >= 4 is 11.8 Å².